The SMILES string of the molecule is COc1cc2c(=O)n(-c3ccc(Br)nc3)c(=O)n(C)c2cn1. The molecule has 3 rings (SSSR count). The van der Waals surface area contributed by atoms with E-state index in [-0.39, 0.29) is 0 Å². The van der Waals surface area contributed by atoms with E-state index in [0.29, 0.717) is 27.1 Å². The monoisotopic (exact) mass is 362 g/mol. The minimum absolute atomic E-state index is 0.309. The number of methoxy groups -OCH3 is 1. The van der Waals surface area contributed by atoms with Gasteiger partial charge in [0, 0.05) is 13.1 Å². The van der Waals surface area contributed by atoms with Crippen molar-refractivity contribution in [1.82, 2.24) is 19.1 Å². The molecule has 0 aliphatic rings. The lowest BCUT2D eigenvalue weighted by Crippen LogP contribution is -2.38. The molecule has 0 bridgehead atoms. The van der Waals surface area contributed by atoms with Crippen molar-refractivity contribution in [2.45, 2.75) is 0 Å². The van der Waals surface area contributed by atoms with Gasteiger partial charge in [0.2, 0.25) is 5.88 Å². The predicted octanol–water partition coefficient (Wildman–Crippen LogP) is 1.25. The Morgan fingerprint density at radius 1 is 1.18 bits per heavy atom. The first kappa shape index (κ1) is 14.5. The van der Waals surface area contributed by atoms with E-state index < -0.39 is 11.2 Å². The third-order valence-electron chi connectivity index (χ3n) is 3.31. The van der Waals surface area contributed by atoms with Crippen molar-refractivity contribution >= 4 is 26.8 Å². The van der Waals surface area contributed by atoms with E-state index in [9.17, 15) is 9.59 Å². The van der Waals surface area contributed by atoms with Crippen LogP contribution in [0.25, 0.3) is 16.6 Å². The van der Waals surface area contributed by atoms with Crippen LogP contribution in [0.3, 0.4) is 0 Å². The smallest absolute Gasteiger partial charge is 0.335 e. The summed E-state index contributed by atoms with van der Waals surface area (Å²) in [6.45, 7) is 0. The lowest BCUT2D eigenvalue weighted by atomic mass is 10.3. The molecule has 0 spiro atoms. The van der Waals surface area contributed by atoms with Crippen LogP contribution in [0.2, 0.25) is 0 Å². The minimum Gasteiger partial charge on any atom is -0.481 e. The van der Waals surface area contributed by atoms with Gasteiger partial charge in [-0.25, -0.2) is 19.3 Å². The molecule has 8 heteroatoms. The molecular formula is C14H11BrN4O3. The maximum atomic E-state index is 12.7. The number of hydrogen-bond acceptors (Lipinski definition) is 5. The van der Waals surface area contributed by atoms with Gasteiger partial charge in [0.05, 0.1) is 36.1 Å². The second-order valence-electron chi connectivity index (χ2n) is 4.57. The highest BCUT2D eigenvalue weighted by molar-refractivity contribution is 9.10. The molecule has 0 aliphatic carbocycles. The number of fused-ring (bicyclic) bond motifs is 1. The summed E-state index contributed by atoms with van der Waals surface area (Å²) in [6, 6.07) is 4.82. The zero-order valence-corrected chi connectivity index (χ0v) is 13.4. The van der Waals surface area contributed by atoms with Gasteiger partial charge in [0.15, 0.2) is 0 Å². The maximum Gasteiger partial charge on any atom is 0.335 e. The maximum absolute atomic E-state index is 12.7. The molecule has 0 radical (unpaired) electrons. The number of ether oxygens (including phenoxy) is 1. The van der Waals surface area contributed by atoms with Crippen LogP contribution < -0.4 is 16.0 Å². The molecule has 3 heterocycles. The van der Waals surface area contributed by atoms with Crippen molar-refractivity contribution in [2.24, 2.45) is 7.05 Å². The fourth-order valence-electron chi connectivity index (χ4n) is 2.17. The summed E-state index contributed by atoms with van der Waals surface area (Å²) in [6.07, 6.45) is 2.90. The third kappa shape index (κ3) is 2.21. The summed E-state index contributed by atoms with van der Waals surface area (Å²) in [5.74, 6) is 0.309. The van der Waals surface area contributed by atoms with Gasteiger partial charge in [-0.15, -0.1) is 0 Å². The van der Waals surface area contributed by atoms with Crippen LogP contribution in [0.15, 0.2) is 44.8 Å². The molecule has 0 atom stereocenters. The normalized spacial score (nSPS) is 10.9. The average Bonchev–Trinajstić information content (AvgIpc) is 2.54. The topological polar surface area (TPSA) is 79.0 Å². The Kier molecular flexibility index (Phi) is 3.53. The summed E-state index contributed by atoms with van der Waals surface area (Å²) in [5.41, 5.74) is -0.0693. The number of pyridine rings is 2. The Morgan fingerprint density at radius 2 is 1.95 bits per heavy atom. The van der Waals surface area contributed by atoms with E-state index in [1.165, 1.54) is 30.1 Å². The highest BCUT2D eigenvalue weighted by atomic mass is 79.9. The van der Waals surface area contributed by atoms with Gasteiger partial charge in [-0.3, -0.25) is 9.36 Å². The molecule has 0 saturated carbocycles. The molecular weight excluding hydrogens is 352 g/mol. The largest absolute Gasteiger partial charge is 0.481 e. The molecule has 0 N–H and O–H groups in total. The van der Waals surface area contributed by atoms with Crippen molar-refractivity contribution in [3.05, 3.63) is 56.0 Å². The number of aromatic nitrogens is 4. The van der Waals surface area contributed by atoms with Crippen LogP contribution in [-0.2, 0) is 7.05 Å². The number of rotatable bonds is 2. The molecule has 0 amide bonds. The first-order valence-corrected chi connectivity index (χ1v) is 7.10. The first-order valence-electron chi connectivity index (χ1n) is 6.30. The highest BCUT2D eigenvalue weighted by Gasteiger charge is 2.14. The van der Waals surface area contributed by atoms with Gasteiger partial charge in [0.25, 0.3) is 5.56 Å². The molecule has 112 valence electrons. The minimum atomic E-state index is -0.464. The molecule has 0 fully saturated rings. The van der Waals surface area contributed by atoms with E-state index in [1.54, 1.807) is 19.2 Å². The Balaban J connectivity index is 2.42. The van der Waals surface area contributed by atoms with Crippen LogP contribution in [-0.4, -0.2) is 26.2 Å². The lowest BCUT2D eigenvalue weighted by molar-refractivity contribution is 0.398. The predicted molar refractivity (Wildman–Crippen MR) is 84.6 cm³/mol. The number of nitrogens with zero attached hydrogens (tertiary/aromatic N) is 4. The standard InChI is InChI=1S/C14H11BrN4O3/c1-18-10-7-17-12(22-2)5-9(10)13(20)19(14(18)21)8-3-4-11(15)16-6-8/h3-7H,1-2H3. The zero-order valence-electron chi connectivity index (χ0n) is 11.8. The molecule has 3 aromatic heterocycles. The third-order valence-corrected chi connectivity index (χ3v) is 3.78. The highest BCUT2D eigenvalue weighted by Crippen LogP contribution is 2.14. The zero-order chi connectivity index (χ0) is 15.9. The van der Waals surface area contributed by atoms with Gasteiger partial charge in [-0.2, -0.15) is 0 Å². The fraction of sp³-hybridized carbons (Fsp3) is 0.143. The summed E-state index contributed by atoms with van der Waals surface area (Å²) >= 11 is 3.22. The van der Waals surface area contributed by atoms with Gasteiger partial charge in [0.1, 0.15) is 4.60 Å². The second-order valence-corrected chi connectivity index (χ2v) is 5.38. The van der Waals surface area contributed by atoms with Crippen LogP contribution in [0.5, 0.6) is 5.88 Å². The molecule has 22 heavy (non-hydrogen) atoms. The summed E-state index contributed by atoms with van der Waals surface area (Å²) in [4.78, 5) is 33.2. The van der Waals surface area contributed by atoms with E-state index >= 15 is 0 Å². The molecule has 7 nitrogen and oxygen atoms in total. The van der Waals surface area contributed by atoms with E-state index in [1.807, 2.05) is 0 Å². The Bertz CT molecular complexity index is 976. The molecule has 0 aliphatic heterocycles. The van der Waals surface area contributed by atoms with Gasteiger partial charge in [-0.05, 0) is 28.1 Å². The Morgan fingerprint density at radius 3 is 2.59 bits per heavy atom. The van der Waals surface area contributed by atoms with Crippen molar-refractivity contribution in [3.8, 4) is 11.6 Å². The van der Waals surface area contributed by atoms with Crippen LogP contribution in [0.4, 0.5) is 0 Å². The fourth-order valence-corrected chi connectivity index (χ4v) is 2.40. The second kappa shape index (κ2) is 5.38. The Hall–Kier alpha value is -2.48. The van der Waals surface area contributed by atoms with Crippen LogP contribution in [0, 0.1) is 0 Å². The molecule has 0 aromatic carbocycles. The van der Waals surface area contributed by atoms with Crippen molar-refractivity contribution in [2.75, 3.05) is 7.11 Å². The molecule has 0 saturated heterocycles. The Labute approximate surface area is 133 Å². The van der Waals surface area contributed by atoms with Crippen LogP contribution in [0.1, 0.15) is 0 Å². The summed E-state index contributed by atoms with van der Waals surface area (Å²) in [5, 5.41) is 0.344. The summed E-state index contributed by atoms with van der Waals surface area (Å²) in [7, 11) is 3.05. The van der Waals surface area contributed by atoms with E-state index in [0.717, 1.165) is 4.57 Å². The summed E-state index contributed by atoms with van der Waals surface area (Å²) < 4.78 is 8.10. The van der Waals surface area contributed by atoms with Crippen molar-refractivity contribution in [3.63, 3.8) is 0 Å². The number of halogens is 1. The van der Waals surface area contributed by atoms with Crippen molar-refractivity contribution in [1.29, 1.82) is 0 Å². The van der Waals surface area contributed by atoms with Crippen molar-refractivity contribution < 1.29 is 4.74 Å². The molecule has 0 unspecified atom stereocenters. The van der Waals surface area contributed by atoms with Crippen LogP contribution >= 0.6 is 15.9 Å². The van der Waals surface area contributed by atoms with E-state index in [2.05, 4.69) is 25.9 Å². The van der Waals surface area contributed by atoms with Gasteiger partial charge < -0.3 is 4.74 Å². The first-order chi connectivity index (χ1) is 10.5. The van der Waals surface area contributed by atoms with E-state index in [4.69, 9.17) is 4.74 Å². The van der Waals surface area contributed by atoms with Gasteiger partial charge >= 0.3 is 5.69 Å². The lowest BCUT2D eigenvalue weighted by Gasteiger charge is -2.10. The number of hydrogen-bond donors (Lipinski definition) is 0. The number of aryl methyl sites for hydroxylation is 1. The molecule has 3 aromatic rings. The quantitative estimate of drug-likeness (QED) is 0.641. The average molecular weight is 363 g/mol. The van der Waals surface area contributed by atoms with Gasteiger partial charge in [-0.1, -0.05) is 0 Å².